The Kier molecular flexibility index (Phi) is 4.04. The Bertz CT molecular complexity index is 489. The Morgan fingerprint density at radius 2 is 1.88 bits per heavy atom. The molecule has 4 heteroatoms. The third-order valence-electron chi connectivity index (χ3n) is 2.46. The highest BCUT2D eigenvalue weighted by molar-refractivity contribution is 6.06. The first-order chi connectivity index (χ1) is 7.90. The van der Waals surface area contributed by atoms with E-state index in [2.05, 4.69) is 5.32 Å². The van der Waals surface area contributed by atoms with Gasteiger partial charge in [-0.15, -0.1) is 0 Å². The number of anilines is 1. The first-order valence-electron chi connectivity index (χ1n) is 5.20. The number of amides is 1. The van der Waals surface area contributed by atoms with Crippen molar-refractivity contribution in [2.24, 2.45) is 0 Å². The molecule has 90 valence electrons. The second-order valence-corrected chi connectivity index (χ2v) is 3.92. The normalized spacial score (nSPS) is 11.1. The number of nitrogens with one attached hydrogen (secondary N) is 1. The maximum absolute atomic E-state index is 11.6. The molecule has 0 fully saturated rings. The number of hydrogen-bond acceptors (Lipinski definition) is 2. The van der Waals surface area contributed by atoms with E-state index in [0.717, 1.165) is 17.2 Å². The minimum absolute atomic E-state index is 0.163. The van der Waals surface area contributed by atoms with E-state index in [-0.39, 0.29) is 5.57 Å². The zero-order valence-corrected chi connectivity index (χ0v) is 10.1. The van der Waals surface area contributed by atoms with Crippen molar-refractivity contribution in [2.75, 3.05) is 5.32 Å². The lowest BCUT2D eigenvalue weighted by Crippen LogP contribution is -2.13. The molecule has 0 aliphatic heterocycles. The van der Waals surface area contributed by atoms with Crippen LogP contribution in [0.1, 0.15) is 18.1 Å². The van der Waals surface area contributed by atoms with Crippen molar-refractivity contribution in [2.45, 2.75) is 20.8 Å². The second kappa shape index (κ2) is 5.30. The fourth-order valence-electron chi connectivity index (χ4n) is 1.30. The number of aliphatic carboxylic acids is 1. The van der Waals surface area contributed by atoms with Crippen LogP contribution in [0.3, 0.4) is 0 Å². The van der Waals surface area contributed by atoms with Crippen molar-refractivity contribution in [3.8, 4) is 0 Å². The van der Waals surface area contributed by atoms with Gasteiger partial charge in [0, 0.05) is 17.3 Å². The number of carboxylic acid groups (broad SMARTS) is 1. The Morgan fingerprint density at radius 3 is 2.41 bits per heavy atom. The van der Waals surface area contributed by atoms with E-state index in [1.54, 1.807) is 6.07 Å². The highest BCUT2D eigenvalue weighted by atomic mass is 16.4. The summed E-state index contributed by atoms with van der Waals surface area (Å²) >= 11 is 0. The van der Waals surface area contributed by atoms with Crippen LogP contribution in [0.15, 0.2) is 29.8 Å². The number of rotatable bonds is 3. The van der Waals surface area contributed by atoms with Crippen molar-refractivity contribution in [1.82, 2.24) is 0 Å². The minimum Gasteiger partial charge on any atom is -0.478 e. The van der Waals surface area contributed by atoms with Crippen LogP contribution in [0, 0.1) is 13.8 Å². The van der Waals surface area contributed by atoms with Crippen LogP contribution in [-0.4, -0.2) is 17.0 Å². The Labute approximate surface area is 100.0 Å². The quantitative estimate of drug-likeness (QED) is 0.787. The lowest BCUT2D eigenvalue weighted by atomic mass is 10.1. The molecule has 1 rings (SSSR count). The van der Waals surface area contributed by atoms with E-state index in [4.69, 9.17) is 5.11 Å². The summed E-state index contributed by atoms with van der Waals surface area (Å²) < 4.78 is 0. The summed E-state index contributed by atoms with van der Waals surface area (Å²) in [4.78, 5) is 22.0. The van der Waals surface area contributed by atoms with Gasteiger partial charge in [0.1, 0.15) is 0 Å². The van der Waals surface area contributed by atoms with Crippen LogP contribution in [0.2, 0.25) is 0 Å². The molecule has 0 atom stereocenters. The maximum Gasteiger partial charge on any atom is 0.328 e. The SMILES string of the molecule is C/C(=C\C(=O)O)C(=O)Nc1ccc(C)c(C)c1. The third kappa shape index (κ3) is 3.75. The minimum atomic E-state index is -1.13. The smallest absolute Gasteiger partial charge is 0.328 e. The fraction of sp³-hybridized carbons (Fsp3) is 0.231. The summed E-state index contributed by atoms with van der Waals surface area (Å²) in [6.45, 7) is 5.39. The van der Waals surface area contributed by atoms with Gasteiger partial charge in [0.05, 0.1) is 0 Å². The molecule has 0 spiro atoms. The van der Waals surface area contributed by atoms with Crippen LogP contribution in [-0.2, 0) is 9.59 Å². The second-order valence-electron chi connectivity index (χ2n) is 3.92. The summed E-state index contributed by atoms with van der Waals surface area (Å²) in [7, 11) is 0. The first kappa shape index (κ1) is 13.0. The molecule has 0 saturated heterocycles. The number of hydrogen-bond donors (Lipinski definition) is 2. The molecule has 0 heterocycles. The standard InChI is InChI=1S/C13H15NO3/c1-8-4-5-11(6-9(8)2)14-13(17)10(3)7-12(15)16/h4-7H,1-3H3,(H,14,17)(H,15,16)/b10-7+. The summed E-state index contributed by atoms with van der Waals surface area (Å²) in [5.41, 5.74) is 3.04. The molecule has 0 aromatic heterocycles. The van der Waals surface area contributed by atoms with Crippen LogP contribution >= 0.6 is 0 Å². The van der Waals surface area contributed by atoms with Gasteiger partial charge in [0.15, 0.2) is 0 Å². The molecule has 4 nitrogen and oxygen atoms in total. The maximum atomic E-state index is 11.6. The number of aryl methyl sites for hydroxylation is 2. The number of carboxylic acids is 1. The van der Waals surface area contributed by atoms with Gasteiger partial charge in [0.2, 0.25) is 0 Å². The molecule has 1 aromatic rings. The van der Waals surface area contributed by atoms with Crippen molar-refractivity contribution in [1.29, 1.82) is 0 Å². The van der Waals surface area contributed by atoms with Gasteiger partial charge in [-0.1, -0.05) is 6.07 Å². The van der Waals surface area contributed by atoms with Crippen molar-refractivity contribution >= 4 is 17.6 Å². The van der Waals surface area contributed by atoms with E-state index in [0.29, 0.717) is 5.69 Å². The Morgan fingerprint density at radius 1 is 1.24 bits per heavy atom. The summed E-state index contributed by atoms with van der Waals surface area (Å²) in [5.74, 6) is -1.53. The summed E-state index contributed by atoms with van der Waals surface area (Å²) in [6, 6.07) is 5.54. The van der Waals surface area contributed by atoms with Gasteiger partial charge in [-0.3, -0.25) is 4.79 Å². The van der Waals surface area contributed by atoms with Gasteiger partial charge in [-0.25, -0.2) is 4.79 Å². The first-order valence-corrected chi connectivity index (χ1v) is 5.20. The van der Waals surface area contributed by atoms with Crippen LogP contribution in [0.4, 0.5) is 5.69 Å². The van der Waals surface area contributed by atoms with Crippen molar-refractivity contribution in [3.05, 3.63) is 41.0 Å². The lowest BCUT2D eigenvalue weighted by Gasteiger charge is -2.07. The van der Waals surface area contributed by atoms with Crippen LogP contribution in [0.5, 0.6) is 0 Å². The van der Waals surface area contributed by atoms with E-state index < -0.39 is 11.9 Å². The molecular formula is C13H15NO3. The van der Waals surface area contributed by atoms with E-state index in [1.807, 2.05) is 26.0 Å². The molecule has 0 bridgehead atoms. The summed E-state index contributed by atoms with van der Waals surface area (Å²) in [6.07, 6.45) is 0.885. The topological polar surface area (TPSA) is 66.4 Å². The van der Waals surface area contributed by atoms with Gasteiger partial charge in [-0.05, 0) is 44.0 Å². The number of carbonyl (C=O) groups excluding carboxylic acids is 1. The molecule has 17 heavy (non-hydrogen) atoms. The van der Waals surface area contributed by atoms with Crippen molar-refractivity contribution in [3.63, 3.8) is 0 Å². The lowest BCUT2D eigenvalue weighted by molar-refractivity contribution is -0.131. The molecule has 1 aromatic carbocycles. The van der Waals surface area contributed by atoms with E-state index >= 15 is 0 Å². The third-order valence-corrected chi connectivity index (χ3v) is 2.46. The zero-order valence-electron chi connectivity index (χ0n) is 10.1. The van der Waals surface area contributed by atoms with Gasteiger partial charge < -0.3 is 10.4 Å². The highest BCUT2D eigenvalue weighted by Gasteiger charge is 2.06. The number of carbonyl (C=O) groups is 2. The monoisotopic (exact) mass is 233 g/mol. The molecular weight excluding hydrogens is 218 g/mol. The Balaban J connectivity index is 2.81. The Hall–Kier alpha value is -2.10. The average Bonchev–Trinajstić information content (AvgIpc) is 2.22. The zero-order chi connectivity index (χ0) is 13.0. The molecule has 0 aliphatic rings. The molecule has 0 saturated carbocycles. The van der Waals surface area contributed by atoms with Crippen LogP contribution in [0.25, 0.3) is 0 Å². The molecule has 0 radical (unpaired) electrons. The predicted octanol–water partition coefficient (Wildman–Crippen LogP) is 2.27. The van der Waals surface area contributed by atoms with E-state index in [1.165, 1.54) is 6.92 Å². The average molecular weight is 233 g/mol. The highest BCUT2D eigenvalue weighted by Crippen LogP contribution is 2.14. The fourth-order valence-corrected chi connectivity index (χ4v) is 1.30. The van der Waals surface area contributed by atoms with E-state index in [9.17, 15) is 9.59 Å². The van der Waals surface area contributed by atoms with Crippen LogP contribution < -0.4 is 5.32 Å². The van der Waals surface area contributed by atoms with Gasteiger partial charge in [0.25, 0.3) is 5.91 Å². The van der Waals surface area contributed by atoms with Crippen molar-refractivity contribution < 1.29 is 14.7 Å². The molecule has 0 unspecified atom stereocenters. The molecule has 1 amide bonds. The van der Waals surface area contributed by atoms with Gasteiger partial charge in [-0.2, -0.15) is 0 Å². The summed E-state index contributed by atoms with van der Waals surface area (Å²) in [5, 5.41) is 11.2. The predicted molar refractivity (Wildman–Crippen MR) is 65.9 cm³/mol. The molecule has 2 N–H and O–H groups in total. The largest absolute Gasteiger partial charge is 0.478 e. The number of benzene rings is 1. The molecule has 0 aliphatic carbocycles. The van der Waals surface area contributed by atoms with Gasteiger partial charge >= 0.3 is 5.97 Å².